The highest BCUT2D eigenvalue weighted by Crippen LogP contribution is 2.21. The van der Waals surface area contributed by atoms with E-state index in [1.807, 2.05) is 11.8 Å². The van der Waals surface area contributed by atoms with Gasteiger partial charge in [0.15, 0.2) is 11.6 Å². The predicted octanol–water partition coefficient (Wildman–Crippen LogP) is 1.30. The van der Waals surface area contributed by atoms with Gasteiger partial charge in [-0.3, -0.25) is 4.79 Å². The molecule has 1 saturated heterocycles. The highest BCUT2D eigenvalue weighted by Gasteiger charge is 2.21. The minimum atomic E-state index is -1.33. The molecule has 0 radical (unpaired) electrons. The van der Waals surface area contributed by atoms with Crippen molar-refractivity contribution in [3.63, 3.8) is 0 Å². The van der Waals surface area contributed by atoms with Crippen LogP contribution in [0.1, 0.15) is 24.7 Å². The third-order valence-electron chi connectivity index (χ3n) is 3.97. The minimum absolute atomic E-state index is 0. The van der Waals surface area contributed by atoms with Gasteiger partial charge in [0.2, 0.25) is 5.43 Å². The summed E-state index contributed by atoms with van der Waals surface area (Å²) in [6.45, 7) is 4.95. The molecule has 2 aromatic heterocycles. The lowest BCUT2D eigenvalue weighted by molar-refractivity contribution is 0.0695. The number of fused-ring (bicyclic) bond motifs is 1. The summed E-state index contributed by atoms with van der Waals surface area (Å²) < 4.78 is 16.0. The fraction of sp³-hybridized carbons (Fsp3) is 0.438. The molecule has 0 spiro atoms. The van der Waals surface area contributed by atoms with Gasteiger partial charge >= 0.3 is 5.97 Å². The Hall–Kier alpha value is -2.48. The second kappa shape index (κ2) is 6.96. The number of piperazine rings is 1. The van der Waals surface area contributed by atoms with Crippen LogP contribution < -0.4 is 15.6 Å². The number of carboxylic acid groups (broad SMARTS) is 1. The van der Waals surface area contributed by atoms with E-state index in [2.05, 4.69) is 10.3 Å². The first-order chi connectivity index (χ1) is 11.0. The van der Waals surface area contributed by atoms with Gasteiger partial charge in [0, 0.05) is 38.9 Å². The number of hydrogen-bond acceptors (Lipinski definition) is 5. The minimum Gasteiger partial charge on any atom is -0.477 e. The number of nitrogens with one attached hydrogen (secondary N) is 1. The Bertz CT molecular complexity index is 828. The number of nitrogens with zero attached hydrogens (tertiary/aromatic N) is 3. The Morgan fingerprint density at radius 3 is 2.67 bits per heavy atom. The number of carboxylic acids is 1. The van der Waals surface area contributed by atoms with E-state index in [9.17, 15) is 14.0 Å². The summed E-state index contributed by atoms with van der Waals surface area (Å²) in [5.41, 5.74) is -0.789. The number of hydrogen-bond donors (Lipinski definition) is 2. The molecule has 1 aliphatic heterocycles. The molecule has 0 bridgehead atoms. The first-order valence-electron chi connectivity index (χ1n) is 7.45. The molecule has 0 saturated carbocycles. The molecule has 0 amide bonds. The number of pyridine rings is 2. The highest BCUT2D eigenvalue weighted by molar-refractivity contribution is 5.92. The Balaban J connectivity index is 0.00000208. The second-order valence-electron chi connectivity index (χ2n) is 5.37. The van der Waals surface area contributed by atoms with Gasteiger partial charge in [-0.1, -0.05) is 7.43 Å². The zero-order valence-corrected chi connectivity index (χ0v) is 12.7. The number of carbonyl (C=O) groups is 1. The zero-order chi connectivity index (χ0) is 16.6. The van der Waals surface area contributed by atoms with Crippen LogP contribution in [-0.2, 0) is 6.54 Å². The molecule has 24 heavy (non-hydrogen) atoms. The fourth-order valence-electron chi connectivity index (χ4n) is 2.77. The van der Waals surface area contributed by atoms with Crippen molar-refractivity contribution < 1.29 is 14.3 Å². The Morgan fingerprint density at radius 2 is 2.08 bits per heavy atom. The van der Waals surface area contributed by atoms with Crippen LogP contribution in [0.3, 0.4) is 0 Å². The van der Waals surface area contributed by atoms with Crippen LogP contribution in [0.5, 0.6) is 0 Å². The van der Waals surface area contributed by atoms with E-state index in [1.54, 1.807) is 4.57 Å². The number of aryl methyl sites for hydroxylation is 1. The zero-order valence-electron chi connectivity index (χ0n) is 12.7. The Kier molecular flexibility index (Phi) is 5.18. The topological polar surface area (TPSA) is 87.5 Å². The molecule has 130 valence electrons. The molecule has 2 aromatic rings. The fourth-order valence-corrected chi connectivity index (χ4v) is 2.77. The van der Waals surface area contributed by atoms with Crippen molar-refractivity contribution in [2.24, 2.45) is 0 Å². The maximum Gasteiger partial charge on any atom is 0.341 e. The molecule has 2 N–H and O–H groups in total. The van der Waals surface area contributed by atoms with E-state index in [0.717, 1.165) is 19.2 Å². The lowest BCUT2D eigenvalue weighted by Crippen LogP contribution is -2.44. The van der Waals surface area contributed by atoms with Crippen LogP contribution in [0.25, 0.3) is 11.0 Å². The van der Waals surface area contributed by atoms with Crippen molar-refractivity contribution in [3.05, 3.63) is 33.9 Å². The lowest BCUT2D eigenvalue weighted by atomic mass is 10.2. The first-order valence-corrected chi connectivity index (χ1v) is 7.45. The summed E-state index contributed by atoms with van der Waals surface area (Å²) in [4.78, 5) is 29.6. The van der Waals surface area contributed by atoms with Crippen molar-refractivity contribution >= 4 is 22.8 Å². The normalized spacial score (nSPS) is 14.5. The van der Waals surface area contributed by atoms with Gasteiger partial charge in [-0.05, 0) is 13.0 Å². The van der Waals surface area contributed by atoms with Crippen LogP contribution >= 0.6 is 0 Å². The molecule has 3 heterocycles. The first kappa shape index (κ1) is 17.9. The Labute approximate surface area is 138 Å². The molecular formula is C16H21FN4O3. The van der Waals surface area contributed by atoms with Crippen molar-refractivity contribution in [2.75, 3.05) is 31.1 Å². The van der Waals surface area contributed by atoms with Crippen molar-refractivity contribution in [3.8, 4) is 0 Å². The summed E-state index contributed by atoms with van der Waals surface area (Å²) in [7, 11) is 0. The number of aromatic nitrogens is 2. The van der Waals surface area contributed by atoms with Gasteiger partial charge in [0.25, 0.3) is 0 Å². The summed E-state index contributed by atoms with van der Waals surface area (Å²) in [5.74, 6) is -1.74. The molecule has 0 aromatic carbocycles. The van der Waals surface area contributed by atoms with E-state index in [0.29, 0.717) is 25.3 Å². The number of anilines is 1. The van der Waals surface area contributed by atoms with Gasteiger partial charge in [0.1, 0.15) is 11.2 Å². The molecule has 1 aliphatic rings. The molecule has 0 unspecified atom stereocenters. The number of halogens is 1. The molecule has 8 heteroatoms. The summed E-state index contributed by atoms with van der Waals surface area (Å²) >= 11 is 0. The Morgan fingerprint density at radius 1 is 1.42 bits per heavy atom. The quantitative estimate of drug-likeness (QED) is 0.878. The molecule has 0 atom stereocenters. The molecule has 0 aliphatic carbocycles. The van der Waals surface area contributed by atoms with Crippen molar-refractivity contribution in [1.82, 2.24) is 14.9 Å². The van der Waals surface area contributed by atoms with Crippen molar-refractivity contribution in [1.29, 1.82) is 0 Å². The van der Waals surface area contributed by atoms with Crippen LogP contribution in [0.4, 0.5) is 10.2 Å². The van der Waals surface area contributed by atoms with Crippen LogP contribution in [0, 0.1) is 5.82 Å². The third kappa shape index (κ3) is 2.96. The largest absolute Gasteiger partial charge is 0.477 e. The van der Waals surface area contributed by atoms with E-state index in [4.69, 9.17) is 5.11 Å². The van der Waals surface area contributed by atoms with E-state index in [-0.39, 0.29) is 24.2 Å². The van der Waals surface area contributed by atoms with E-state index in [1.165, 1.54) is 6.20 Å². The molecular weight excluding hydrogens is 315 g/mol. The number of rotatable bonds is 3. The molecule has 1 fully saturated rings. The standard InChI is InChI=1S/C15H17FN4O3.CH4/c1-2-19-8-10(15(22)23)12(21)9-7-11(16)14(18-13(9)19)20-5-3-17-4-6-20;/h7-8,17H,2-6H2,1H3,(H,22,23);1H4. The monoisotopic (exact) mass is 336 g/mol. The maximum atomic E-state index is 14.4. The van der Waals surface area contributed by atoms with E-state index >= 15 is 0 Å². The predicted molar refractivity (Wildman–Crippen MR) is 90.4 cm³/mol. The van der Waals surface area contributed by atoms with E-state index < -0.39 is 17.2 Å². The average molecular weight is 336 g/mol. The van der Waals surface area contributed by atoms with Crippen molar-refractivity contribution in [2.45, 2.75) is 20.9 Å². The van der Waals surface area contributed by atoms with Gasteiger partial charge in [-0.2, -0.15) is 0 Å². The van der Waals surface area contributed by atoms with Gasteiger partial charge in [-0.15, -0.1) is 0 Å². The maximum absolute atomic E-state index is 14.4. The third-order valence-corrected chi connectivity index (χ3v) is 3.97. The van der Waals surface area contributed by atoms with Gasteiger partial charge < -0.3 is 19.9 Å². The smallest absolute Gasteiger partial charge is 0.341 e. The summed E-state index contributed by atoms with van der Waals surface area (Å²) in [5, 5.41) is 12.3. The van der Waals surface area contributed by atoms with Crippen LogP contribution in [0.2, 0.25) is 0 Å². The highest BCUT2D eigenvalue weighted by atomic mass is 19.1. The average Bonchev–Trinajstić information content (AvgIpc) is 2.55. The molecule has 7 nitrogen and oxygen atoms in total. The van der Waals surface area contributed by atoms with Gasteiger partial charge in [-0.25, -0.2) is 14.2 Å². The summed E-state index contributed by atoms with van der Waals surface area (Å²) in [6, 6.07) is 1.10. The second-order valence-corrected chi connectivity index (χ2v) is 5.37. The summed E-state index contributed by atoms with van der Waals surface area (Å²) in [6.07, 6.45) is 1.26. The SMILES string of the molecule is C.CCn1cc(C(=O)O)c(=O)c2cc(F)c(N3CCNCC3)nc21. The van der Waals surface area contributed by atoms with Gasteiger partial charge in [0.05, 0.1) is 5.39 Å². The number of aromatic carboxylic acids is 1. The van der Waals surface area contributed by atoms with Crippen LogP contribution in [0.15, 0.2) is 17.1 Å². The van der Waals surface area contributed by atoms with Crippen LogP contribution in [-0.4, -0.2) is 46.8 Å². The lowest BCUT2D eigenvalue weighted by Gasteiger charge is -2.29. The molecule has 3 rings (SSSR count).